The van der Waals surface area contributed by atoms with Gasteiger partial charge in [0.2, 0.25) is 5.89 Å². The standard InChI is InChI=1S/C15H18N2O2/c1-10-4-2-3-5-12(10)8-14-16-15(19-17-14)9-13(18)11-6-7-11/h2-5,11,13,18H,6-9H2,1H3. The van der Waals surface area contributed by atoms with Crippen LogP contribution in [-0.4, -0.2) is 21.4 Å². The molecule has 1 atom stereocenters. The van der Waals surface area contributed by atoms with Crippen molar-refractivity contribution in [3.05, 3.63) is 47.1 Å². The maximum atomic E-state index is 9.86. The molecule has 1 aliphatic rings. The highest BCUT2D eigenvalue weighted by Crippen LogP contribution is 2.33. The van der Waals surface area contributed by atoms with Crippen molar-refractivity contribution in [2.75, 3.05) is 0 Å². The van der Waals surface area contributed by atoms with Crippen molar-refractivity contribution in [1.29, 1.82) is 0 Å². The number of rotatable bonds is 5. The van der Waals surface area contributed by atoms with Gasteiger partial charge in [0, 0.05) is 6.42 Å². The highest BCUT2D eigenvalue weighted by Gasteiger charge is 2.31. The first-order valence-electron chi connectivity index (χ1n) is 6.76. The average molecular weight is 258 g/mol. The molecule has 0 radical (unpaired) electrons. The Morgan fingerprint density at radius 2 is 2.16 bits per heavy atom. The molecule has 1 aliphatic carbocycles. The number of hydrogen-bond acceptors (Lipinski definition) is 4. The second kappa shape index (κ2) is 5.13. The number of aromatic nitrogens is 2. The first kappa shape index (κ1) is 12.4. The topological polar surface area (TPSA) is 59.2 Å². The van der Waals surface area contributed by atoms with Crippen LogP contribution in [0.15, 0.2) is 28.8 Å². The van der Waals surface area contributed by atoms with Gasteiger partial charge in [-0.25, -0.2) is 0 Å². The fourth-order valence-corrected chi connectivity index (χ4v) is 2.25. The summed E-state index contributed by atoms with van der Waals surface area (Å²) in [4.78, 5) is 4.36. The number of benzene rings is 1. The predicted octanol–water partition coefficient (Wildman–Crippen LogP) is 2.28. The van der Waals surface area contributed by atoms with Gasteiger partial charge in [-0.15, -0.1) is 0 Å². The highest BCUT2D eigenvalue weighted by molar-refractivity contribution is 5.27. The van der Waals surface area contributed by atoms with Gasteiger partial charge in [-0.1, -0.05) is 29.4 Å². The molecule has 100 valence electrons. The van der Waals surface area contributed by atoms with Crippen molar-refractivity contribution < 1.29 is 9.63 Å². The van der Waals surface area contributed by atoms with Crippen LogP contribution in [0.3, 0.4) is 0 Å². The van der Waals surface area contributed by atoms with E-state index in [-0.39, 0.29) is 6.10 Å². The van der Waals surface area contributed by atoms with Crippen molar-refractivity contribution in [3.8, 4) is 0 Å². The molecule has 2 aromatic rings. The van der Waals surface area contributed by atoms with Crippen LogP contribution in [0.1, 0.15) is 35.7 Å². The Kier molecular flexibility index (Phi) is 3.34. The predicted molar refractivity (Wildman–Crippen MR) is 70.7 cm³/mol. The van der Waals surface area contributed by atoms with Gasteiger partial charge in [0.25, 0.3) is 0 Å². The molecule has 1 aromatic carbocycles. The molecule has 0 spiro atoms. The lowest BCUT2D eigenvalue weighted by molar-refractivity contribution is 0.140. The van der Waals surface area contributed by atoms with Gasteiger partial charge < -0.3 is 9.63 Å². The van der Waals surface area contributed by atoms with Gasteiger partial charge in [-0.3, -0.25) is 0 Å². The Bertz CT molecular complexity index is 561. The SMILES string of the molecule is Cc1ccccc1Cc1noc(CC(O)C2CC2)n1. The number of aryl methyl sites for hydroxylation is 1. The van der Waals surface area contributed by atoms with E-state index in [1.54, 1.807) is 0 Å². The van der Waals surface area contributed by atoms with E-state index < -0.39 is 0 Å². The van der Waals surface area contributed by atoms with E-state index in [1.165, 1.54) is 11.1 Å². The zero-order valence-corrected chi connectivity index (χ0v) is 11.0. The third-order valence-electron chi connectivity index (χ3n) is 3.67. The minimum Gasteiger partial charge on any atom is -0.392 e. The van der Waals surface area contributed by atoms with Crippen molar-refractivity contribution in [2.24, 2.45) is 5.92 Å². The molecule has 0 amide bonds. The van der Waals surface area contributed by atoms with Crippen LogP contribution in [0.2, 0.25) is 0 Å². The molecule has 0 aliphatic heterocycles. The maximum absolute atomic E-state index is 9.86. The lowest BCUT2D eigenvalue weighted by Crippen LogP contribution is -2.12. The van der Waals surface area contributed by atoms with Crippen LogP contribution in [0, 0.1) is 12.8 Å². The van der Waals surface area contributed by atoms with Crippen LogP contribution in [0.4, 0.5) is 0 Å². The summed E-state index contributed by atoms with van der Waals surface area (Å²) in [6.45, 7) is 2.08. The Labute approximate surface area is 112 Å². The third kappa shape index (κ3) is 3.01. The molecule has 1 aromatic heterocycles. The summed E-state index contributed by atoms with van der Waals surface area (Å²) in [5.41, 5.74) is 2.43. The number of aliphatic hydroxyl groups is 1. The van der Waals surface area contributed by atoms with Crippen molar-refractivity contribution in [1.82, 2.24) is 10.1 Å². The van der Waals surface area contributed by atoms with E-state index in [2.05, 4.69) is 29.2 Å². The zero-order chi connectivity index (χ0) is 13.2. The molecule has 1 saturated carbocycles. The summed E-state index contributed by atoms with van der Waals surface area (Å²) in [6, 6.07) is 8.18. The number of hydrogen-bond donors (Lipinski definition) is 1. The van der Waals surface area contributed by atoms with E-state index >= 15 is 0 Å². The smallest absolute Gasteiger partial charge is 0.229 e. The Balaban J connectivity index is 1.66. The van der Waals surface area contributed by atoms with Gasteiger partial charge in [0.15, 0.2) is 5.82 Å². The van der Waals surface area contributed by atoms with E-state index in [1.807, 2.05) is 12.1 Å². The Morgan fingerprint density at radius 1 is 1.37 bits per heavy atom. The molecule has 4 heteroatoms. The molecule has 0 bridgehead atoms. The first-order valence-corrected chi connectivity index (χ1v) is 6.76. The molecule has 1 unspecified atom stereocenters. The summed E-state index contributed by atoms with van der Waals surface area (Å²) in [7, 11) is 0. The van der Waals surface area contributed by atoms with Crippen LogP contribution in [0.25, 0.3) is 0 Å². The molecule has 19 heavy (non-hydrogen) atoms. The van der Waals surface area contributed by atoms with E-state index in [0.29, 0.717) is 30.5 Å². The maximum Gasteiger partial charge on any atom is 0.229 e. The molecule has 1 N–H and O–H groups in total. The van der Waals surface area contributed by atoms with Gasteiger partial charge in [-0.2, -0.15) is 4.98 Å². The van der Waals surface area contributed by atoms with E-state index in [9.17, 15) is 5.11 Å². The van der Waals surface area contributed by atoms with Crippen molar-refractivity contribution >= 4 is 0 Å². The van der Waals surface area contributed by atoms with Crippen LogP contribution in [0.5, 0.6) is 0 Å². The fourth-order valence-electron chi connectivity index (χ4n) is 2.25. The van der Waals surface area contributed by atoms with Gasteiger partial charge in [0.05, 0.1) is 12.5 Å². The minimum absolute atomic E-state index is 0.327. The van der Waals surface area contributed by atoms with Crippen LogP contribution >= 0.6 is 0 Å². The van der Waals surface area contributed by atoms with Crippen LogP contribution < -0.4 is 0 Å². The summed E-state index contributed by atoms with van der Waals surface area (Å²) in [5.74, 6) is 1.67. The number of nitrogens with zero attached hydrogens (tertiary/aromatic N) is 2. The zero-order valence-electron chi connectivity index (χ0n) is 11.0. The fraction of sp³-hybridized carbons (Fsp3) is 0.467. The molecule has 0 saturated heterocycles. The van der Waals surface area contributed by atoms with Gasteiger partial charge >= 0.3 is 0 Å². The van der Waals surface area contributed by atoms with E-state index in [0.717, 1.165) is 12.8 Å². The van der Waals surface area contributed by atoms with Gasteiger partial charge in [-0.05, 0) is 36.8 Å². The lowest BCUT2D eigenvalue weighted by atomic mass is 10.1. The Morgan fingerprint density at radius 3 is 2.89 bits per heavy atom. The normalized spacial score (nSPS) is 16.5. The second-order valence-electron chi connectivity index (χ2n) is 5.32. The highest BCUT2D eigenvalue weighted by atomic mass is 16.5. The molecule has 4 nitrogen and oxygen atoms in total. The quantitative estimate of drug-likeness (QED) is 0.893. The van der Waals surface area contributed by atoms with E-state index in [4.69, 9.17) is 4.52 Å². The first-order chi connectivity index (χ1) is 9.22. The van der Waals surface area contributed by atoms with Crippen molar-refractivity contribution in [3.63, 3.8) is 0 Å². The van der Waals surface area contributed by atoms with Gasteiger partial charge in [0.1, 0.15) is 0 Å². The lowest BCUT2D eigenvalue weighted by Gasteiger charge is -2.03. The summed E-state index contributed by atoms with van der Waals surface area (Å²) in [6.07, 6.45) is 3.06. The summed E-state index contributed by atoms with van der Waals surface area (Å²) >= 11 is 0. The molecular weight excluding hydrogens is 240 g/mol. The average Bonchev–Trinajstić information content (AvgIpc) is 3.16. The Hall–Kier alpha value is -1.68. The summed E-state index contributed by atoms with van der Waals surface area (Å²) in [5, 5.41) is 13.8. The monoisotopic (exact) mass is 258 g/mol. The third-order valence-corrected chi connectivity index (χ3v) is 3.67. The van der Waals surface area contributed by atoms with Crippen LogP contribution in [-0.2, 0) is 12.8 Å². The molecule has 1 heterocycles. The molecular formula is C15H18N2O2. The summed E-state index contributed by atoms with van der Waals surface area (Å²) < 4.78 is 5.20. The minimum atomic E-state index is -0.327. The molecule has 1 fully saturated rings. The molecule has 3 rings (SSSR count). The van der Waals surface area contributed by atoms with Crippen molar-refractivity contribution in [2.45, 2.75) is 38.7 Å². The largest absolute Gasteiger partial charge is 0.392 e. The number of aliphatic hydroxyl groups excluding tert-OH is 1. The second-order valence-corrected chi connectivity index (χ2v) is 5.32.